The predicted molar refractivity (Wildman–Crippen MR) is 48.1 cm³/mol. The maximum atomic E-state index is 10.7. The highest BCUT2D eigenvalue weighted by molar-refractivity contribution is 5.71. The van der Waals surface area contributed by atoms with E-state index in [-0.39, 0.29) is 6.04 Å². The van der Waals surface area contributed by atoms with Gasteiger partial charge in [-0.2, -0.15) is 0 Å². The van der Waals surface area contributed by atoms with E-state index < -0.39 is 18.0 Å². The number of aliphatic hydroxyl groups excluding tert-OH is 1. The number of likely N-dealkylation sites (tertiary alicyclic amines) is 1. The first-order chi connectivity index (χ1) is 6.07. The minimum atomic E-state index is -0.925. The monoisotopic (exact) mass is 185 g/mol. The lowest BCUT2D eigenvalue weighted by molar-refractivity contribution is -0.144. The Labute approximate surface area is 77.5 Å². The van der Waals surface area contributed by atoms with Gasteiger partial charge >= 0.3 is 5.97 Å². The zero-order valence-electron chi connectivity index (χ0n) is 7.84. The number of hydrogen-bond acceptors (Lipinski definition) is 3. The van der Waals surface area contributed by atoms with E-state index in [1.807, 2.05) is 31.0 Å². The lowest BCUT2D eigenvalue weighted by Gasteiger charge is -2.19. The molecule has 1 aliphatic heterocycles. The minimum Gasteiger partial charge on any atom is -0.481 e. The maximum absolute atomic E-state index is 10.7. The Bertz CT molecular complexity index is 227. The number of carbonyl (C=O) groups is 1. The van der Waals surface area contributed by atoms with Gasteiger partial charge in [-0.05, 0) is 20.0 Å². The van der Waals surface area contributed by atoms with Crippen LogP contribution in [0.25, 0.3) is 0 Å². The molecule has 4 heteroatoms. The van der Waals surface area contributed by atoms with Gasteiger partial charge in [-0.15, -0.1) is 0 Å². The quantitative estimate of drug-likeness (QED) is 0.649. The molecular formula is C9H15NO3. The van der Waals surface area contributed by atoms with Crippen molar-refractivity contribution in [3.63, 3.8) is 0 Å². The molecule has 1 heterocycles. The summed E-state index contributed by atoms with van der Waals surface area (Å²) in [6, 6.07) is -0.114. The zero-order chi connectivity index (χ0) is 10.0. The van der Waals surface area contributed by atoms with Crippen LogP contribution in [0.1, 0.15) is 13.8 Å². The van der Waals surface area contributed by atoms with Crippen LogP contribution < -0.4 is 0 Å². The van der Waals surface area contributed by atoms with E-state index in [0.29, 0.717) is 6.54 Å². The zero-order valence-corrected chi connectivity index (χ0v) is 7.84. The fraction of sp³-hybridized carbons (Fsp3) is 0.667. The van der Waals surface area contributed by atoms with Gasteiger partial charge in [-0.3, -0.25) is 4.79 Å². The molecule has 3 atom stereocenters. The molecule has 0 bridgehead atoms. The van der Waals surface area contributed by atoms with Crippen LogP contribution in [0.15, 0.2) is 12.3 Å². The summed E-state index contributed by atoms with van der Waals surface area (Å²) in [6.07, 6.45) is 2.89. The molecule has 74 valence electrons. The topological polar surface area (TPSA) is 60.8 Å². The summed E-state index contributed by atoms with van der Waals surface area (Å²) in [5.74, 6) is -1.59. The summed E-state index contributed by atoms with van der Waals surface area (Å²) in [4.78, 5) is 12.5. The van der Waals surface area contributed by atoms with Gasteiger partial charge in [0.1, 0.15) is 5.92 Å². The number of aliphatic carboxylic acids is 1. The second-order valence-corrected chi connectivity index (χ2v) is 3.36. The molecule has 0 amide bonds. The van der Waals surface area contributed by atoms with Crippen molar-refractivity contribution < 1.29 is 15.0 Å². The molecule has 13 heavy (non-hydrogen) atoms. The Hall–Kier alpha value is -1.03. The number of aliphatic hydroxyl groups is 1. The smallest absolute Gasteiger partial charge is 0.311 e. The first-order valence-corrected chi connectivity index (χ1v) is 4.37. The highest BCUT2D eigenvalue weighted by atomic mass is 16.4. The van der Waals surface area contributed by atoms with E-state index in [4.69, 9.17) is 5.11 Å². The molecular weight excluding hydrogens is 170 g/mol. The molecule has 0 unspecified atom stereocenters. The van der Waals surface area contributed by atoms with Crippen LogP contribution in [0.4, 0.5) is 0 Å². The fourth-order valence-corrected chi connectivity index (χ4v) is 1.65. The average Bonchev–Trinajstić information content (AvgIpc) is 2.33. The van der Waals surface area contributed by atoms with Gasteiger partial charge in [0.15, 0.2) is 0 Å². The third-order valence-electron chi connectivity index (χ3n) is 2.49. The van der Waals surface area contributed by atoms with E-state index in [9.17, 15) is 9.90 Å². The van der Waals surface area contributed by atoms with Crippen LogP contribution in [-0.2, 0) is 4.79 Å². The number of nitrogens with zero attached hydrogens (tertiary/aromatic N) is 1. The highest BCUT2D eigenvalue weighted by Crippen LogP contribution is 2.23. The Morgan fingerprint density at radius 2 is 2.23 bits per heavy atom. The summed E-state index contributed by atoms with van der Waals surface area (Å²) in [6.45, 7) is 4.09. The molecule has 0 aliphatic carbocycles. The van der Waals surface area contributed by atoms with Gasteiger partial charge in [0, 0.05) is 6.54 Å². The van der Waals surface area contributed by atoms with Crippen molar-refractivity contribution in [3.05, 3.63) is 12.3 Å². The second-order valence-electron chi connectivity index (χ2n) is 3.36. The number of hydrogen-bond donors (Lipinski definition) is 2. The molecule has 0 saturated carbocycles. The third-order valence-corrected chi connectivity index (χ3v) is 2.49. The van der Waals surface area contributed by atoms with E-state index in [0.717, 1.165) is 0 Å². The van der Waals surface area contributed by atoms with Crippen molar-refractivity contribution >= 4 is 5.97 Å². The first kappa shape index (κ1) is 10.1. The second kappa shape index (κ2) is 3.79. The Morgan fingerprint density at radius 1 is 1.62 bits per heavy atom. The van der Waals surface area contributed by atoms with Crippen LogP contribution in [0, 0.1) is 5.92 Å². The fourth-order valence-electron chi connectivity index (χ4n) is 1.65. The molecule has 0 spiro atoms. The number of carboxylic acid groups (broad SMARTS) is 1. The highest BCUT2D eigenvalue weighted by Gasteiger charge is 2.40. The molecule has 0 aromatic heterocycles. The summed E-state index contributed by atoms with van der Waals surface area (Å²) >= 11 is 0. The van der Waals surface area contributed by atoms with Gasteiger partial charge in [-0.25, -0.2) is 0 Å². The summed E-state index contributed by atoms with van der Waals surface area (Å²) in [5.41, 5.74) is 0. The molecule has 1 saturated heterocycles. The maximum Gasteiger partial charge on any atom is 0.311 e. The van der Waals surface area contributed by atoms with Crippen molar-refractivity contribution in [2.45, 2.75) is 26.0 Å². The van der Waals surface area contributed by atoms with Gasteiger partial charge in [0.2, 0.25) is 0 Å². The van der Waals surface area contributed by atoms with E-state index in [2.05, 4.69) is 0 Å². The molecule has 1 fully saturated rings. The predicted octanol–water partition coefficient (Wildman–Crippen LogP) is 0.286. The number of rotatable bonds is 2. The SMILES string of the molecule is CC=CN1C[C@@H](C(=O)O)[C@H](O)[C@H]1C. The lowest BCUT2D eigenvalue weighted by Crippen LogP contribution is -2.31. The number of carboxylic acids is 1. The van der Waals surface area contributed by atoms with Crippen LogP contribution in [0.2, 0.25) is 0 Å². The Balaban J connectivity index is 2.72. The van der Waals surface area contributed by atoms with Crippen molar-refractivity contribution in [1.29, 1.82) is 0 Å². The minimum absolute atomic E-state index is 0.114. The van der Waals surface area contributed by atoms with Gasteiger partial charge < -0.3 is 15.1 Å². The number of allylic oxidation sites excluding steroid dienone is 1. The van der Waals surface area contributed by atoms with Crippen LogP contribution >= 0.6 is 0 Å². The summed E-state index contributed by atoms with van der Waals surface area (Å²) in [7, 11) is 0. The van der Waals surface area contributed by atoms with Crippen LogP contribution in [0.5, 0.6) is 0 Å². The van der Waals surface area contributed by atoms with Gasteiger partial charge in [0.25, 0.3) is 0 Å². The third kappa shape index (κ3) is 1.83. The van der Waals surface area contributed by atoms with Crippen LogP contribution in [-0.4, -0.2) is 39.8 Å². The molecule has 0 aromatic rings. The van der Waals surface area contributed by atoms with Crippen LogP contribution in [0.3, 0.4) is 0 Å². The standard InChI is InChI=1S/C9H15NO3/c1-3-4-10-5-7(9(12)13)8(11)6(10)2/h3-4,6-8,11H,5H2,1-2H3,(H,12,13)/t6-,7-,8-/m1/s1. The molecule has 1 rings (SSSR count). The van der Waals surface area contributed by atoms with Crippen molar-refractivity contribution in [3.8, 4) is 0 Å². The van der Waals surface area contributed by atoms with Crippen molar-refractivity contribution in [2.24, 2.45) is 5.92 Å². The summed E-state index contributed by atoms with van der Waals surface area (Å²) in [5, 5.41) is 18.3. The van der Waals surface area contributed by atoms with Crippen molar-refractivity contribution in [2.75, 3.05) is 6.54 Å². The van der Waals surface area contributed by atoms with Gasteiger partial charge in [-0.1, -0.05) is 6.08 Å². The van der Waals surface area contributed by atoms with E-state index in [1.54, 1.807) is 0 Å². The van der Waals surface area contributed by atoms with Gasteiger partial charge in [0.05, 0.1) is 12.1 Å². The lowest BCUT2D eigenvalue weighted by atomic mass is 10.0. The molecule has 4 nitrogen and oxygen atoms in total. The summed E-state index contributed by atoms with van der Waals surface area (Å²) < 4.78 is 0. The van der Waals surface area contributed by atoms with Crippen molar-refractivity contribution in [1.82, 2.24) is 4.90 Å². The van der Waals surface area contributed by atoms with E-state index >= 15 is 0 Å². The first-order valence-electron chi connectivity index (χ1n) is 4.37. The molecule has 0 aromatic carbocycles. The average molecular weight is 185 g/mol. The normalized spacial score (nSPS) is 34.4. The van der Waals surface area contributed by atoms with E-state index in [1.165, 1.54) is 0 Å². The molecule has 0 radical (unpaired) electrons. The molecule has 2 N–H and O–H groups in total. The largest absolute Gasteiger partial charge is 0.481 e. The Morgan fingerprint density at radius 3 is 2.62 bits per heavy atom. The Kier molecular flexibility index (Phi) is 2.93. The molecule has 1 aliphatic rings.